The predicted octanol–water partition coefficient (Wildman–Crippen LogP) is 0.422. The lowest BCUT2D eigenvalue weighted by atomic mass is 9.89. The van der Waals surface area contributed by atoms with Crippen molar-refractivity contribution < 1.29 is 9.53 Å². The largest absolute Gasteiger partial charge is 0.378 e. The zero-order chi connectivity index (χ0) is 10.7. The molecule has 86 valence electrons. The smallest absolute Gasteiger partial charge is 0.237 e. The lowest BCUT2D eigenvalue weighted by Gasteiger charge is -2.35. The summed E-state index contributed by atoms with van der Waals surface area (Å²) in [7, 11) is 0. The number of rotatable bonds is 4. The van der Waals surface area contributed by atoms with Crippen LogP contribution >= 0.6 is 0 Å². The van der Waals surface area contributed by atoms with Crippen LogP contribution in [-0.4, -0.2) is 37.2 Å². The molecule has 1 amide bonds. The van der Waals surface area contributed by atoms with Crippen molar-refractivity contribution in [2.75, 3.05) is 13.2 Å². The maximum absolute atomic E-state index is 11.7. The van der Waals surface area contributed by atoms with Gasteiger partial charge in [-0.2, -0.15) is 0 Å². The molecule has 0 spiro atoms. The van der Waals surface area contributed by atoms with E-state index in [2.05, 4.69) is 10.6 Å². The van der Waals surface area contributed by atoms with Gasteiger partial charge in [-0.05, 0) is 39.2 Å². The van der Waals surface area contributed by atoms with Crippen LogP contribution in [0.2, 0.25) is 0 Å². The highest BCUT2D eigenvalue weighted by molar-refractivity contribution is 5.82. The predicted molar refractivity (Wildman–Crippen MR) is 57.6 cm³/mol. The minimum absolute atomic E-state index is 0.0520. The van der Waals surface area contributed by atoms with Crippen molar-refractivity contribution >= 4 is 5.91 Å². The second-order valence-electron chi connectivity index (χ2n) is 4.40. The Bertz CT molecular complexity index is 221. The number of ether oxygens (including phenoxy) is 1. The first-order valence-corrected chi connectivity index (χ1v) is 5.95. The van der Waals surface area contributed by atoms with Crippen LogP contribution in [0.1, 0.15) is 32.6 Å². The second kappa shape index (κ2) is 4.94. The summed E-state index contributed by atoms with van der Waals surface area (Å²) in [5.41, 5.74) is 0. The van der Waals surface area contributed by atoms with E-state index in [9.17, 15) is 4.79 Å². The molecule has 4 heteroatoms. The number of amides is 1. The molecule has 0 aromatic rings. The van der Waals surface area contributed by atoms with E-state index in [-0.39, 0.29) is 11.9 Å². The molecule has 1 saturated heterocycles. The Morgan fingerprint density at radius 2 is 2.33 bits per heavy atom. The molecule has 1 heterocycles. The van der Waals surface area contributed by atoms with Gasteiger partial charge >= 0.3 is 0 Å². The van der Waals surface area contributed by atoms with Gasteiger partial charge < -0.3 is 15.4 Å². The van der Waals surface area contributed by atoms with Gasteiger partial charge in [-0.15, -0.1) is 0 Å². The summed E-state index contributed by atoms with van der Waals surface area (Å²) in [5, 5.41) is 6.27. The van der Waals surface area contributed by atoms with E-state index in [1.165, 1.54) is 0 Å². The monoisotopic (exact) mass is 212 g/mol. The summed E-state index contributed by atoms with van der Waals surface area (Å²) in [4.78, 5) is 11.7. The van der Waals surface area contributed by atoms with Crippen LogP contribution in [0, 0.1) is 0 Å². The fourth-order valence-corrected chi connectivity index (χ4v) is 2.27. The molecular formula is C11H20N2O2. The molecule has 0 radical (unpaired) electrons. The van der Waals surface area contributed by atoms with Crippen LogP contribution in [0.15, 0.2) is 0 Å². The van der Waals surface area contributed by atoms with Gasteiger partial charge in [-0.1, -0.05) is 0 Å². The maximum atomic E-state index is 11.7. The Labute approximate surface area is 90.8 Å². The first kappa shape index (κ1) is 10.9. The van der Waals surface area contributed by atoms with Crippen molar-refractivity contribution in [1.29, 1.82) is 0 Å². The molecule has 1 aliphatic carbocycles. The normalized spacial score (nSPS) is 34.9. The first-order valence-electron chi connectivity index (χ1n) is 5.95. The third kappa shape index (κ3) is 2.69. The quantitative estimate of drug-likeness (QED) is 0.710. The van der Waals surface area contributed by atoms with E-state index < -0.39 is 0 Å². The van der Waals surface area contributed by atoms with Crippen molar-refractivity contribution in [3.8, 4) is 0 Å². The number of carbonyl (C=O) groups excluding carboxylic acids is 1. The highest BCUT2D eigenvalue weighted by Crippen LogP contribution is 2.23. The summed E-state index contributed by atoms with van der Waals surface area (Å²) in [6, 6.07) is 0.396. The Kier molecular flexibility index (Phi) is 3.59. The molecule has 1 saturated carbocycles. The van der Waals surface area contributed by atoms with Crippen molar-refractivity contribution in [3.63, 3.8) is 0 Å². The van der Waals surface area contributed by atoms with Gasteiger partial charge in [0.2, 0.25) is 5.91 Å². The lowest BCUT2D eigenvalue weighted by molar-refractivity contribution is -0.125. The SMILES string of the molecule is CCOC1CC(NC(=O)[C@@H]2CCCN2)C1. The van der Waals surface area contributed by atoms with Crippen molar-refractivity contribution in [2.24, 2.45) is 0 Å². The van der Waals surface area contributed by atoms with E-state index in [1.807, 2.05) is 6.92 Å². The molecule has 15 heavy (non-hydrogen) atoms. The van der Waals surface area contributed by atoms with Crippen LogP contribution in [0.4, 0.5) is 0 Å². The van der Waals surface area contributed by atoms with E-state index in [1.54, 1.807) is 0 Å². The maximum Gasteiger partial charge on any atom is 0.237 e. The third-order valence-electron chi connectivity index (χ3n) is 3.22. The van der Waals surface area contributed by atoms with Gasteiger partial charge in [0.1, 0.15) is 0 Å². The Morgan fingerprint density at radius 1 is 1.53 bits per heavy atom. The number of hydrogen-bond donors (Lipinski definition) is 2. The Balaban J connectivity index is 1.64. The van der Waals surface area contributed by atoms with E-state index >= 15 is 0 Å². The third-order valence-corrected chi connectivity index (χ3v) is 3.22. The standard InChI is InChI=1S/C11H20N2O2/c1-2-15-9-6-8(7-9)13-11(14)10-4-3-5-12-10/h8-10,12H,2-7H2,1H3,(H,13,14)/t8?,9?,10-/m0/s1. The molecule has 0 bridgehead atoms. The summed E-state index contributed by atoms with van der Waals surface area (Å²) in [6.45, 7) is 3.76. The average molecular weight is 212 g/mol. The Morgan fingerprint density at radius 3 is 2.93 bits per heavy atom. The minimum atomic E-state index is 0.0520. The zero-order valence-corrected chi connectivity index (χ0v) is 9.29. The fraction of sp³-hybridized carbons (Fsp3) is 0.909. The topological polar surface area (TPSA) is 50.4 Å². The molecule has 0 aromatic carbocycles. The molecule has 2 aliphatic rings. The van der Waals surface area contributed by atoms with E-state index in [4.69, 9.17) is 4.74 Å². The van der Waals surface area contributed by atoms with Crippen LogP contribution in [0.5, 0.6) is 0 Å². The highest BCUT2D eigenvalue weighted by atomic mass is 16.5. The van der Waals surface area contributed by atoms with Crippen molar-refractivity contribution in [3.05, 3.63) is 0 Å². The van der Waals surface area contributed by atoms with Gasteiger partial charge in [0.25, 0.3) is 0 Å². The van der Waals surface area contributed by atoms with Gasteiger partial charge in [0.15, 0.2) is 0 Å². The van der Waals surface area contributed by atoms with Gasteiger partial charge in [0.05, 0.1) is 12.1 Å². The van der Waals surface area contributed by atoms with Crippen LogP contribution < -0.4 is 10.6 Å². The van der Waals surface area contributed by atoms with Crippen LogP contribution in [0.3, 0.4) is 0 Å². The second-order valence-corrected chi connectivity index (χ2v) is 4.40. The Hall–Kier alpha value is -0.610. The summed E-state index contributed by atoms with van der Waals surface area (Å²) < 4.78 is 5.45. The minimum Gasteiger partial charge on any atom is -0.378 e. The van der Waals surface area contributed by atoms with Crippen LogP contribution in [0.25, 0.3) is 0 Å². The first-order chi connectivity index (χ1) is 7.29. The molecule has 4 nitrogen and oxygen atoms in total. The summed E-state index contributed by atoms with van der Waals surface area (Å²) in [6.07, 6.45) is 4.42. The average Bonchev–Trinajstić information content (AvgIpc) is 2.67. The van der Waals surface area contributed by atoms with Crippen LogP contribution in [-0.2, 0) is 9.53 Å². The van der Waals surface area contributed by atoms with E-state index in [0.29, 0.717) is 12.1 Å². The highest BCUT2D eigenvalue weighted by Gasteiger charge is 2.32. The fourth-order valence-electron chi connectivity index (χ4n) is 2.27. The molecule has 1 aliphatic heterocycles. The van der Waals surface area contributed by atoms with Crippen molar-refractivity contribution in [1.82, 2.24) is 10.6 Å². The molecule has 1 atom stereocenters. The molecule has 2 rings (SSSR count). The molecular weight excluding hydrogens is 192 g/mol. The van der Waals surface area contributed by atoms with Gasteiger partial charge in [-0.25, -0.2) is 0 Å². The molecule has 2 fully saturated rings. The van der Waals surface area contributed by atoms with E-state index in [0.717, 1.165) is 38.8 Å². The zero-order valence-electron chi connectivity index (χ0n) is 9.29. The van der Waals surface area contributed by atoms with Crippen molar-refractivity contribution in [2.45, 2.75) is 50.8 Å². The lowest BCUT2D eigenvalue weighted by Crippen LogP contribution is -2.52. The van der Waals surface area contributed by atoms with Gasteiger partial charge in [0, 0.05) is 12.6 Å². The number of nitrogens with one attached hydrogen (secondary N) is 2. The van der Waals surface area contributed by atoms with Gasteiger partial charge in [-0.3, -0.25) is 4.79 Å². The molecule has 2 N–H and O–H groups in total. The molecule has 0 aromatic heterocycles. The number of hydrogen-bond acceptors (Lipinski definition) is 3. The molecule has 0 unspecified atom stereocenters. The summed E-state index contributed by atoms with van der Waals surface area (Å²) >= 11 is 0. The number of carbonyl (C=O) groups is 1. The summed E-state index contributed by atoms with van der Waals surface area (Å²) in [5.74, 6) is 0.174.